The summed E-state index contributed by atoms with van der Waals surface area (Å²) >= 11 is 0. The molecule has 1 saturated heterocycles. The summed E-state index contributed by atoms with van der Waals surface area (Å²) in [6.45, 7) is 4.17. The van der Waals surface area contributed by atoms with Crippen LogP contribution in [-0.4, -0.2) is 57.5 Å². The molecule has 0 aliphatic carbocycles. The molecule has 1 fully saturated rings. The highest BCUT2D eigenvalue weighted by molar-refractivity contribution is 5.75. The van der Waals surface area contributed by atoms with Crippen LogP contribution < -0.4 is 19.1 Å². The molecule has 9 nitrogen and oxygen atoms in total. The highest BCUT2D eigenvalue weighted by atomic mass is 16.6. The number of pyridine rings is 2. The monoisotopic (exact) mass is 459 g/mol. The molecule has 0 amide bonds. The van der Waals surface area contributed by atoms with Crippen molar-refractivity contribution in [3.05, 3.63) is 65.9 Å². The number of hydrogen-bond donors (Lipinski definition) is 1. The van der Waals surface area contributed by atoms with Gasteiger partial charge in [-0.3, -0.25) is 4.98 Å². The summed E-state index contributed by atoms with van der Waals surface area (Å²) in [5.74, 6) is 1.87. The molecule has 6 rings (SSSR count). The van der Waals surface area contributed by atoms with Gasteiger partial charge in [-0.1, -0.05) is 6.07 Å². The molecule has 0 bridgehead atoms. The van der Waals surface area contributed by atoms with Gasteiger partial charge in [0.2, 0.25) is 5.75 Å². The van der Waals surface area contributed by atoms with Crippen LogP contribution in [0.25, 0.3) is 11.2 Å². The van der Waals surface area contributed by atoms with Gasteiger partial charge in [0.15, 0.2) is 23.3 Å². The Hall–Kier alpha value is -3.85. The first-order valence-electron chi connectivity index (χ1n) is 11.2. The predicted octanol–water partition coefficient (Wildman–Crippen LogP) is 2.89. The van der Waals surface area contributed by atoms with Gasteiger partial charge in [-0.15, -0.1) is 0 Å². The Morgan fingerprint density at radius 2 is 2.00 bits per heavy atom. The number of imidazole rings is 1. The van der Waals surface area contributed by atoms with Crippen molar-refractivity contribution in [3.63, 3.8) is 0 Å². The third-order valence-electron chi connectivity index (χ3n) is 6.28. The Bertz CT molecular complexity index is 1330. The van der Waals surface area contributed by atoms with Crippen LogP contribution in [0.2, 0.25) is 0 Å². The Balaban J connectivity index is 1.25. The zero-order valence-electron chi connectivity index (χ0n) is 19.0. The van der Waals surface area contributed by atoms with E-state index < -0.39 is 0 Å². The molecule has 2 aliphatic rings. The van der Waals surface area contributed by atoms with Crippen molar-refractivity contribution >= 4 is 16.9 Å². The average molecular weight is 460 g/mol. The van der Waals surface area contributed by atoms with Gasteiger partial charge < -0.3 is 28.8 Å². The van der Waals surface area contributed by atoms with Gasteiger partial charge in [0.1, 0.15) is 12.1 Å². The number of rotatable bonds is 5. The van der Waals surface area contributed by atoms with Crippen molar-refractivity contribution in [1.82, 2.24) is 19.5 Å². The number of aliphatic hydroxyl groups is 1. The molecule has 34 heavy (non-hydrogen) atoms. The van der Waals surface area contributed by atoms with E-state index >= 15 is 0 Å². The summed E-state index contributed by atoms with van der Waals surface area (Å²) in [6, 6.07) is 9.92. The first-order chi connectivity index (χ1) is 16.6. The molecule has 174 valence electrons. The molecule has 4 aromatic rings. The second-order valence-electron chi connectivity index (χ2n) is 8.74. The number of benzene rings is 1. The van der Waals surface area contributed by atoms with E-state index in [0.717, 1.165) is 33.7 Å². The minimum absolute atomic E-state index is 0.246. The summed E-state index contributed by atoms with van der Waals surface area (Å²) in [5, 5.41) is 9.56. The zero-order chi connectivity index (χ0) is 23.2. The van der Waals surface area contributed by atoms with Gasteiger partial charge in [-0.25, -0.2) is 9.97 Å². The van der Waals surface area contributed by atoms with Crippen LogP contribution in [0.5, 0.6) is 17.2 Å². The molecule has 9 heteroatoms. The molecular weight excluding hydrogens is 434 g/mol. The van der Waals surface area contributed by atoms with E-state index in [1.807, 2.05) is 54.2 Å². The molecule has 1 unspecified atom stereocenters. The van der Waals surface area contributed by atoms with Crippen LogP contribution in [0.15, 0.2) is 49.1 Å². The molecule has 1 atom stereocenters. The number of fused-ring (bicyclic) bond motifs is 2. The van der Waals surface area contributed by atoms with Gasteiger partial charge in [-0.2, -0.15) is 0 Å². The summed E-state index contributed by atoms with van der Waals surface area (Å²) < 4.78 is 20.0. The van der Waals surface area contributed by atoms with Crippen LogP contribution in [0.3, 0.4) is 0 Å². The molecule has 3 aromatic heterocycles. The van der Waals surface area contributed by atoms with Crippen LogP contribution in [0, 0.1) is 6.92 Å². The standard InChI is InChI=1S/C25H25N5O4/c1-15-3-4-17(8-26-15)23-13-33-22-6-16(5-21(32-2)24(22)34-23)10-30-14-28-20-7-18(9-27-25(20)30)29-11-19(31)12-29/h3-9,14,19,23,31H,10-13H2,1-2H3. The van der Waals surface area contributed by atoms with Crippen molar-refractivity contribution in [2.45, 2.75) is 25.7 Å². The first-order valence-corrected chi connectivity index (χ1v) is 11.2. The van der Waals surface area contributed by atoms with Crippen molar-refractivity contribution < 1.29 is 19.3 Å². The zero-order valence-corrected chi connectivity index (χ0v) is 19.0. The normalized spacial score (nSPS) is 17.6. The lowest BCUT2D eigenvalue weighted by molar-refractivity contribution is 0.0867. The van der Waals surface area contributed by atoms with Crippen LogP contribution in [0.4, 0.5) is 5.69 Å². The predicted molar refractivity (Wildman–Crippen MR) is 126 cm³/mol. The van der Waals surface area contributed by atoms with E-state index in [1.165, 1.54) is 0 Å². The maximum absolute atomic E-state index is 9.56. The lowest BCUT2D eigenvalue weighted by atomic mass is 10.1. The van der Waals surface area contributed by atoms with Gasteiger partial charge >= 0.3 is 0 Å². The minimum atomic E-state index is -0.262. The highest BCUT2D eigenvalue weighted by Crippen LogP contribution is 2.44. The summed E-state index contributed by atoms with van der Waals surface area (Å²) in [7, 11) is 1.63. The van der Waals surface area contributed by atoms with E-state index in [1.54, 1.807) is 13.4 Å². The van der Waals surface area contributed by atoms with Gasteiger partial charge in [0.25, 0.3) is 0 Å². The Kier molecular flexibility index (Phi) is 4.99. The minimum Gasteiger partial charge on any atom is -0.493 e. The van der Waals surface area contributed by atoms with Crippen LogP contribution >= 0.6 is 0 Å². The first kappa shape index (κ1) is 20.7. The van der Waals surface area contributed by atoms with Crippen molar-refractivity contribution in [3.8, 4) is 17.2 Å². The number of β-amino-alcohol motifs (C(OH)–C–C–N with tert-alkyl or cyclic N) is 1. The number of nitrogens with zero attached hydrogens (tertiary/aromatic N) is 5. The highest BCUT2D eigenvalue weighted by Gasteiger charge is 2.27. The number of ether oxygens (including phenoxy) is 3. The van der Waals surface area contributed by atoms with Gasteiger partial charge in [0, 0.05) is 30.5 Å². The second-order valence-corrected chi connectivity index (χ2v) is 8.74. The fourth-order valence-electron chi connectivity index (χ4n) is 4.36. The summed E-state index contributed by atoms with van der Waals surface area (Å²) in [4.78, 5) is 15.6. The smallest absolute Gasteiger partial charge is 0.204 e. The molecular formula is C25H25N5O4. The Morgan fingerprint density at radius 3 is 2.76 bits per heavy atom. The molecule has 2 aliphatic heterocycles. The van der Waals surface area contributed by atoms with Gasteiger partial charge in [0.05, 0.1) is 38.0 Å². The fraction of sp³-hybridized carbons (Fsp3) is 0.320. The third-order valence-corrected chi connectivity index (χ3v) is 6.28. The largest absolute Gasteiger partial charge is 0.493 e. The molecule has 0 spiro atoms. The Morgan fingerprint density at radius 1 is 1.12 bits per heavy atom. The van der Waals surface area contributed by atoms with Gasteiger partial charge in [-0.05, 0) is 36.8 Å². The maximum atomic E-state index is 9.56. The number of aliphatic hydroxyl groups excluding tert-OH is 1. The fourth-order valence-corrected chi connectivity index (χ4v) is 4.36. The van der Waals surface area contributed by atoms with E-state index in [2.05, 4.69) is 19.9 Å². The number of anilines is 1. The topological polar surface area (TPSA) is 94.8 Å². The molecule has 0 radical (unpaired) electrons. The SMILES string of the molecule is COc1cc(Cn2cnc3cc(N4CC(O)C4)cnc32)cc2c1OC(c1ccc(C)nc1)CO2. The van der Waals surface area contributed by atoms with Crippen molar-refractivity contribution in [2.75, 3.05) is 31.7 Å². The van der Waals surface area contributed by atoms with E-state index in [4.69, 9.17) is 14.2 Å². The van der Waals surface area contributed by atoms with E-state index in [9.17, 15) is 5.11 Å². The molecule has 0 saturated carbocycles. The van der Waals surface area contributed by atoms with Crippen molar-refractivity contribution in [2.24, 2.45) is 0 Å². The molecule has 5 heterocycles. The average Bonchev–Trinajstić information content (AvgIpc) is 3.23. The third kappa shape index (κ3) is 3.67. The summed E-state index contributed by atoms with van der Waals surface area (Å²) in [6.07, 6.45) is 4.93. The molecule has 1 N–H and O–H groups in total. The van der Waals surface area contributed by atoms with E-state index in [0.29, 0.717) is 43.5 Å². The second kappa shape index (κ2) is 8.18. The maximum Gasteiger partial charge on any atom is 0.204 e. The number of methoxy groups -OCH3 is 1. The molecule has 1 aromatic carbocycles. The Labute approximate surface area is 196 Å². The number of hydrogen-bond acceptors (Lipinski definition) is 8. The van der Waals surface area contributed by atoms with Crippen LogP contribution in [0.1, 0.15) is 22.9 Å². The quantitative estimate of drug-likeness (QED) is 0.487. The number of aryl methyl sites for hydroxylation is 1. The van der Waals surface area contributed by atoms with Crippen LogP contribution in [-0.2, 0) is 6.54 Å². The summed E-state index contributed by atoms with van der Waals surface area (Å²) in [5.41, 5.74) is 5.50. The lowest BCUT2D eigenvalue weighted by Gasteiger charge is -2.37. The number of aromatic nitrogens is 4. The lowest BCUT2D eigenvalue weighted by Crippen LogP contribution is -2.50. The van der Waals surface area contributed by atoms with Crippen molar-refractivity contribution in [1.29, 1.82) is 0 Å². The van der Waals surface area contributed by atoms with E-state index in [-0.39, 0.29) is 12.2 Å².